The summed E-state index contributed by atoms with van der Waals surface area (Å²) in [5, 5.41) is 3.02. The van der Waals surface area contributed by atoms with Crippen LogP contribution in [0.2, 0.25) is 0 Å². The molecule has 162 valence electrons. The van der Waals surface area contributed by atoms with Crippen LogP contribution in [0.25, 0.3) is 11.0 Å². The maximum Gasteiger partial charge on any atom is 0.290 e. The predicted molar refractivity (Wildman–Crippen MR) is 118 cm³/mol. The maximum absolute atomic E-state index is 12.8. The molecular formula is C24H23N5O3. The lowest BCUT2D eigenvalue weighted by Crippen LogP contribution is -2.37. The summed E-state index contributed by atoms with van der Waals surface area (Å²) in [6.07, 6.45) is 5.68. The van der Waals surface area contributed by atoms with Gasteiger partial charge in [-0.2, -0.15) is 0 Å². The summed E-state index contributed by atoms with van der Waals surface area (Å²) in [4.78, 5) is 39.1. The zero-order valence-electron chi connectivity index (χ0n) is 17.9. The molecule has 8 heteroatoms. The van der Waals surface area contributed by atoms with E-state index in [0.29, 0.717) is 37.4 Å². The van der Waals surface area contributed by atoms with E-state index in [1.807, 2.05) is 26.1 Å². The van der Waals surface area contributed by atoms with Crippen LogP contribution in [-0.2, 0) is 19.5 Å². The van der Waals surface area contributed by atoms with E-state index in [9.17, 15) is 9.59 Å². The highest BCUT2D eigenvalue weighted by molar-refractivity contribution is 5.97. The molecule has 0 saturated carbocycles. The first-order valence-electron chi connectivity index (χ1n) is 10.5. The molecule has 0 spiro atoms. The Hall–Kier alpha value is -3.94. The fourth-order valence-electron chi connectivity index (χ4n) is 4.21. The average Bonchev–Trinajstić information content (AvgIpc) is 3.45. The molecular weight excluding hydrogens is 406 g/mol. The summed E-state index contributed by atoms with van der Waals surface area (Å²) in [6, 6.07) is 7.18. The van der Waals surface area contributed by atoms with E-state index in [-0.39, 0.29) is 11.8 Å². The van der Waals surface area contributed by atoms with Gasteiger partial charge < -0.3 is 19.6 Å². The Bertz CT molecular complexity index is 1340. The predicted octanol–water partition coefficient (Wildman–Crippen LogP) is 3.30. The number of aromatic amines is 1. The first-order chi connectivity index (χ1) is 15.5. The van der Waals surface area contributed by atoms with Gasteiger partial charge >= 0.3 is 0 Å². The molecule has 0 fully saturated rings. The standard InChI is InChI=1S/C24H23N5O3/c1-14-6-8-32-22(14)24(31)29-7-5-18-17(12-29)10-25-15(2)19(18)11-26-23(30)16-3-4-20-21(9-16)28-13-27-20/h3-4,6,8-10,13H,5,7,11-12H2,1-2H3,(H,26,30)(H,27,28). The first-order valence-corrected chi connectivity index (χ1v) is 10.5. The minimum Gasteiger partial charge on any atom is -0.459 e. The Morgan fingerprint density at radius 2 is 2.09 bits per heavy atom. The number of rotatable bonds is 4. The van der Waals surface area contributed by atoms with Crippen molar-refractivity contribution in [3.63, 3.8) is 0 Å². The van der Waals surface area contributed by atoms with Gasteiger partial charge in [0.1, 0.15) is 0 Å². The van der Waals surface area contributed by atoms with Crippen molar-refractivity contribution in [1.29, 1.82) is 0 Å². The smallest absolute Gasteiger partial charge is 0.290 e. The van der Waals surface area contributed by atoms with E-state index in [0.717, 1.165) is 39.0 Å². The van der Waals surface area contributed by atoms with Crippen LogP contribution in [0, 0.1) is 13.8 Å². The molecule has 0 aliphatic carbocycles. The molecule has 0 unspecified atom stereocenters. The van der Waals surface area contributed by atoms with Crippen LogP contribution in [0.5, 0.6) is 0 Å². The Morgan fingerprint density at radius 1 is 1.22 bits per heavy atom. The third kappa shape index (κ3) is 3.53. The number of nitrogens with zero attached hydrogens (tertiary/aromatic N) is 3. The van der Waals surface area contributed by atoms with E-state index in [4.69, 9.17) is 4.42 Å². The van der Waals surface area contributed by atoms with Crippen LogP contribution in [0.4, 0.5) is 0 Å². The molecule has 1 aliphatic heterocycles. The van der Waals surface area contributed by atoms with Gasteiger partial charge in [0, 0.05) is 42.7 Å². The Balaban J connectivity index is 1.33. The van der Waals surface area contributed by atoms with Crippen LogP contribution in [0.15, 0.2) is 47.5 Å². The summed E-state index contributed by atoms with van der Waals surface area (Å²) >= 11 is 0. The van der Waals surface area contributed by atoms with Crippen molar-refractivity contribution in [3.8, 4) is 0 Å². The molecule has 3 aromatic heterocycles. The van der Waals surface area contributed by atoms with Crippen LogP contribution >= 0.6 is 0 Å². The summed E-state index contributed by atoms with van der Waals surface area (Å²) in [7, 11) is 0. The summed E-state index contributed by atoms with van der Waals surface area (Å²) in [6.45, 7) is 5.26. The SMILES string of the molecule is Cc1ccoc1C(=O)N1CCc2c(cnc(C)c2CNC(=O)c2ccc3nc[nH]c3c2)C1. The van der Waals surface area contributed by atoms with Crippen molar-refractivity contribution in [2.24, 2.45) is 0 Å². The number of carbonyl (C=O) groups is 2. The second-order valence-electron chi connectivity index (χ2n) is 8.05. The molecule has 8 nitrogen and oxygen atoms in total. The van der Waals surface area contributed by atoms with Crippen molar-refractivity contribution < 1.29 is 14.0 Å². The number of benzene rings is 1. The number of H-pyrrole nitrogens is 1. The van der Waals surface area contributed by atoms with Gasteiger partial charge in [-0.05, 0) is 61.2 Å². The van der Waals surface area contributed by atoms with E-state index in [1.165, 1.54) is 6.26 Å². The molecule has 4 aromatic rings. The van der Waals surface area contributed by atoms with Gasteiger partial charge in [0.05, 0.1) is 23.6 Å². The monoisotopic (exact) mass is 429 g/mol. The van der Waals surface area contributed by atoms with Gasteiger partial charge in [-0.25, -0.2) is 4.98 Å². The highest BCUT2D eigenvalue weighted by atomic mass is 16.3. The van der Waals surface area contributed by atoms with Crippen molar-refractivity contribution >= 4 is 22.8 Å². The molecule has 0 saturated heterocycles. The van der Waals surface area contributed by atoms with Gasteiger partial charge in [0.2, 0.25) is 0 Å². The normalized spacial score (nSPS) is 13.2. The summed E-state index contributed by atoms with van der Waals surface area (Å²) in [5.74, 6) is 0.123. The topological polar surface area (TPSA) is 104 Å². The molecule has 2 amide bonds. The van der Waals surface area contributed by atoms with Crippen molar-refractivity contribution in [2.75, 3.05) is 6.54 Å². The lowest BCUT2D eigenvalue weighted by Gasteiger charge is -2.30. The van der Waals surface area contributed by atoms with E-state index in [1.54, 1.807) is 29.4 Å². The lowest BCUT2D eigenvalue weighted by atomic mass is 9.94. The summed E-state index contributed by atoms with van der Waals surface area (Å²) in [5.41, 5.74) is 7.10. The number of furan rings is 1. The number of imidazole rings is 1. The number of carbonyl (C=O) groups excluding carboxylic acids is 2. The molecule has 1 aliphatic rings. The number of fused-ring (bicyclic) bond motifs is 2. The van der Waals surface area contributed by atoms with Gasteiger partial charge in [-0.3, -0.25) is 14.6 Å². The van der Waals surface area contributed by atoms with Crippen molar-refractivity contribution in [3.05, 3.63) is 82.3 Å². The molecule has 5 rings (SSSR count). The third-order valence-electron chi connectivity index (χ3n) is 6.05. The average molecular weight is 429 g/mol. The fraction of sp³-hybridized carbons (Fsp3) is 0.250. The highest BCUT2D eigenvalue weighted by Gasteiger charge is 2.27. The van der Waals surface area contributed by atoms with Crippen LogP contribution in [0.1, 0.15) is 48.9 Å². The molecule has 1 aromatic carbocycles. The van der Waals surface area contributed by atoms with Crippen LogP contribution in [0.3, 0.4) is 0 Å². The molecule has 0 bridgehead atoms. The van der Waals surface area contributed by atoms with Crippen molar-refractivity contribution in [2.45, 2.75) is 33.4 Å². The first kappa shape index (κ1) is 20.0. The van der Waals surface area contributed by atoms with Gasteiger partial charge in [-0.15, -0.1) is 0 Å². The van der Waals surface area contributed by atoms with E-state index < -0.39 is 0 Å². The lowest BCUT2D eigenvalue weighted by molar-refractivity contribution is 0.0700. The Kier molecular flexibility index (Phi) is 4.97. The molecule has 0 atom stereocenters. The number of nitrogens with one attached hydrogen (secondary N) is 2. The van der Waals surface area contributed by atoms with E-state index >= 15 is 0 Å². The third-order valence-corrected chi connectivity index (χ3v) is 6.05. The second-order valence-corrected chi connectivity index (χ2v) is 8.05. The van der Waals surface area contributed by atoms with Crippen molar-refractivity contribution in [1.82, 2.24) is 25.2 Å². The quantitative estimate of drug-likeness (QED) is 0.518. The van der Waals surface area contributed by atoms with Gasteiger partial charge in [-0.1, -0.05) is 0 Å². The zero-order chi connectivity index (χ0) is 22.2. The molecule has 0 radical (unpaired) electrons. The summed E-state index contributed by atoms with van der Waals surface area (Å²) < 4.78 is 5.38. The van der Waals surface area contributed by atoms with Gasteiger partial charge in [0.25, 0.3) is 11.8 Å². The number of pyridine rings is 1. The van der Waals surface area contributed by atoms with Crippen LogP contribution < -0.4 is 5.32 Å². The largest absolute Gasteiger partial charge is 0.459 e. The van der Waals surface area contributed by atoms with Gasteiger partial charge in [0.15, 0.2) is 5.76 Å². The second kappa shape index (κ2) is 7.96. The highest BCUT2D eigenvalue weighted by Crippen LogP contribution is 2.26. The number of amides is 2. The molecule has 4 heterocycles. The number of aryl methyl sites for hydroxylation is 2. The minimum absolute atomic E-state index is 0.109. The zero-order valence-corrected chi connectivity index (χ0v) is 17.9. The number of hydrogen-bond acceptors (Lipinski definition) is 5. The Labute approximate surface area is 184 Å². The maximum atomic E-state index is 12.8. The minimum atomic E-state index is -0.153. The number of hydrogen-bond donors (Lipinski definition) is 2. The molecule has 32 heavy (non-hydrogen) atoms. The molecule has 2 N–H and O–H groups in total. The fourth-order valence-corrected chi connectivity index (χ4v) is 4.21. The van der Waals surface area contributed by atoms with E-state index in [2.05, 4.69) is 20.3 Å². The Morgan fingerprint density at radius 3 is 2.91 bits per heavy atom. The number of aromatic nitrogens is 3. The van der Waals surface area contributed by atoms with Crippen LogP contribution in [-0.4, -0.2) is 38.2 Å².